The first-order valence-corrected chi connectivity index (χ1v) is 7.73. The molecule has 0 spiro atoms. The minimum Gasteiger partial charge on any atom is -0.311 e. The molecule has 1 aromatic rings. The van der Waals surface area contributed by atoms with Crippen LogP contribution in [0.3, 0.4) is 0 Å². The van der Waals surface area contributed by atoms with Crippen molar-refractivity contribution in [3.05, 3.63) is 35.9 Å². The lowest BCUT2D eigenvalue weighted by Gasteiger charge is -2.42. The average molecular weight is 270 g/mol. The molecule has 0 aliphatic carbocycles. The normalized spacial score (nSPS) is 25.1. The highest BCUT2D eigenvalue weighted by molar-refractivity contribution is 5.16. The van der Waals surface area contributed by atoms with Gasteiger partial charge in [0.15, 0.2) is 0 Å². The van der Waals surface area contributed by atoms with Crippen LogP contribution in [0.5, 0.6) is 0 Å². The monoisotopic (exact) mass is 270 g/mol. The van der Waals surface area contributed by atoms with E-state index in [0.29, 0.717) is 12.1 Å². The summed E-state index contributed by atoms with van der Waals surface area (Å²) in [4.78, 5) is 2.51. The summed E-state index contributed by atoms with van der Waals surface area (Å²) in [5.41, 5.74) is 1.40. The average Bonchev–Trinajstić information content (AvgIpc) is 2.48. The molecule has 20 heavy (non-hydrogen) atoms. The van der Waals surface area contributed by atoms with Crippen molar-refractivity contribution in [3.63, 3.8) is 0 Å². The number of hydrogen-bond donors (Lipinski definition) is 1. The van der Waals surface area contributed by atoms with E-state index in [1.54, 1.807) is 0 Å². The van der Waals surface area contributed by atoms with Gasteiger partial charge in [-0.2, -0.15) is 0 Å². The van der Waals surface area contributed by atoms with Crippen LogP contribution in [0.25, 0.3) is 0 Å². The quantitative estimate of drug-likeness (QED) is 0.828. The number of nitrogens with zero attached hydrogens (tertiary/aromatic N) is 1. The summed E-state index contributed by atoms with van der Waals surface area (Å²) >= 11 is 0. The zero-order valence-corrected chi connectivity index (χ0v) is 12.7. The van der Waals surface area contributed by atoms with Crippen molar-refractivity contribution >= 4 is 0 Å². The molecule has 1 heterocycles. The third-order valence-corrected chi connectivity index (χ3v) is 4.18. The van der Waals surface area contributed by atoms with Crippen molar-refractivity contribution < 1.29 is 0 Å². The van der Waals surface area contributed by atoms with E-state index in [1.165, 1.54) is 5.56 Å². The smallest absolute Gasteiger partial charge is 0.0715 e. The Kier molecular flexibility index (Phi) is 5.64. The van der Waals surface area contributed by atoms with Gasteiger partial charge in [-0.15, -0.1) is 6.42 Å². The summed E-state index contributed by atoms with van der Waals surface area (Å²) in [5.74, 6) is 2.99. The number of rotatable bonds is 5. The molecule has 1 aromatic carbocycles. The van der Waals surface area contributed by atoms with Gasteiger partial charge in [-0.1, -0.05) is 49.6 Å². The van der Waals surface area contributed by atoms with Gasteiger partial charge in [0.1, 0.15) is 0 Å². The summed E-state index contributed by atoms with van der Waals surface area (Å²) in [6.07, 6.45) is 9.06. The standard InChI is InChI=1S/C18H26N2/c1-4-9-18(5-2)20-14-17(19-13-15(20)3)12-16-10-7-6-8-11-16/h2,6-8,10-11,15,17-19H,4,9,12-14H2,1,3H3. The molecule has 1 aliphatic rings. The van der Waals surface area contributed by atoms with E-state index in [0.717, 1.165) is 32.4 Å². The Morgan fingerprint density at radius 1 is 1.40 bits per heavy atom. The van der Waals surface area contributed by atoms with Gasteiger partial charge < -0.3 is 5.32 Å². The van der Waals surface area contributed by atoms with Gasteiger partial charge in [-0.3, -0.25) is 4.90 Å². The first kappa shape index (κ1) is 15.1. The van der Waals surface area contributed by atoms with E-state index in [1.807, 2.05) is 0 Å². The zero-order valence-electron chi connectivity index (χ0n) is 12.7. The molecule has 1 saturated heterocycles. The Morgan fingerprint density at radius 2 is 2.15 bits per heavy atom. The Labute approximate surface area is 123 Å². The van der Waals surface area contributed by atoms with Gasteiger partial charge in [-0.05, 0) is 25.3 Å². The van der Waals surface area contributed by atoms with Crippen LogP contribution in [-0.2, 0) is 6.42 Å². The van der Waals surface area contributed by atoms with Crippen LogP contribution in [0, 0.1) is 12.3 Å². The summed E-state index contributed by atoms with van der Waals surface area (Å²) in [6, 6.07) is 12.0. The largest absolute Gasteiger partial charge is 0.311 e. The second kappa shape index (κ2) is 7.47. The van der Waals surface area contributed by atoms with E-state index in [9.17, 15) is 0 Å². The van der Waals surface area contributed by atoms with E-state index in [-0.39, 0.29) is 6.04 Å². The molecule has 0 aromatic heterocycles. The maximum absolute atomic E-state index is 5.74. The van der Waals surface area contributed by atoms with E-state index < -0.39 is 0 Å². The first-order chi connectivity index (χ1) is 9.74. The number of hydrogen-bond acceptors (Lipinski definition) is 2. The van der Waals surface area contributed by atoms with Gasteiger partial charge in [0.25, 0.3) is 0 Å². The molecule has 0 saturated carbocycles. The Bertz CT molecular complexity index is 434. The maximum atomic E-state index is 5.74. The number of nitrogens with one attached hydrogen (secondary N) is 1. The molecule has 2 heteroatoms. The third kappa shape index (κ3) is 3.85. The summed E-state index contributed by atoms with van der Waals surface area (Å²) in [5, 5.41) is 3.66. The highest BCUT2D eigenvalue weighted by Crippen LogP contribution is 2.16. The SMILES string of the molecule is C#CC(CCC)N1CC(Cc2ccccc2)NCC1C. The summed E-state index contributed by atoms with van der Waals surface area (Å²) < 4.78 is 0. The lowest BCUT2D eigenvalue weighted by molar-refractivity contribution is 0.111. The summed E-state index contributed by atoms with van der Waals surface area (Å²) in [6.45, 7) is 6.55. The lowest BCUT2D eigenvalue weighted by Crippen LogP contribution is -2.58. The number of terminal acetylenes is 1. The minimum absolute atomic E-state index is 0.287. The molecule has 2 nitrogen and oxygen atoms in total. The van der Waals surface area contributed by atoms with Crippen LogP contribution < -0.4 is 5.32 Å². The van der Waals surface area contributed by atoms with Crippen LogP contribution >= 0.6 is 0 Å². The molecule has 1 N–H and O–H groups in total. The molecule has 108 valence electrons. The second-order valence-corrected chi connectivity index (χ2v) is 5.81. The van der Waals surface area contributed by atoms with Gasteiger partial charge in [0.05, 0.1) is 6.04 Å². The molecule has 0 bridgehead atoms. The van der Waals surface area contributed by atoms with E-state index in [4.69, 9.17) is 6.42 Å². The minimum atomic E-state index is 0.287. The molecule has 1 aliphatic heterocycles. The van der Waals surface area contributed by atoms with Crippen LogP contribution in [0.1, 0.15) is 32.3 Å². The molecule has 1 fully saturated rings. The Hall–Kier alpha value is -1.30. The van der Waals surface area contributed by atoms with Crippen LogP contribution in [0.4, 0.5) is 0 Å². The van der Waals surface area contributed by atoms with Gasteiger partial charge in [0, 0.05) is 25.2 Å². The van der Waals surface area contributed by atoms with E-state index >= 15 is 0 Å². The van der Waals surface area contributed by atoms with Crippen molar-refractivity contribution in [3.8, 4) is 12.3 Å². The lowest BCUT2D eigenvalue weighted by atomic mass is 9.99. The first-order valence-electron chi connectivity index (χ1n) is 7.73. The fraction of sp³-hybridized carbons (Fsp3) is 0.556. The molecular formula is C18H26N2. The molecule has 3 unspecified atom stereocenters. The molecule has 3 atom stereocenters. The second-order valence-electron chi connectivity index (χ2n) is 5.81. The van der Waals surface area contributed by atoms with Crippen molar-refractivity contribution in [2.24, 2.45) is 0 Å². The van der Waals surface area contributed by atoms with Crippen molar-refractivity contribution in [1.82, 2.24) is 10.2 Å². The van der Waals surface area contributed by atoms with Crippen molar-refractivity contribution in [1.29, 1.82) is 0 Å². The van der Waals surface area contributed by atoms with Crippen LogP contribution in [-0.4, -0.2) is 36.1 Å². The van der Waals surface area contributed by atoms with Crippen LogP contribution in [0.15, 0.2) is 30.3 Å². The third-order valence-electron chi connectivity index (χ3n) is 4.18. The predicted octanol–water partition coefficient (Wildman–Crippen LogP) is 2.69. The molecule has 0 radical (unpaired) electrons. The fourth-order valence-corrected chi connectivity index (χ4v) is 3.04. The molecule has 0 amide bonds. The maximum Gasteiger partial charge on any atom is 0.0715 e. The summed E-state index contributed by atoms with van der Waals surface area (Å²) in [7, 11) is 0. The van der Waals surface area contributed by atoms with Crippen molar-refractivity contribution in [2.45, 2.75) is 51.2 Å². The highest BCUT2D eigenvalue weighted by Gasteiger charge is 2.29. The fourth-order valence-electron chi connectivity index (χ4n) is 3.04. The van der Waals surface area contributed by atoms with Gasteiger partial charge >= 0.3 is 0 Å². The van der Waals surface area contributed by atoms with E-state index in [2.05, 4.69) is 60.3 Å². The Balaban J connectivity index is 1.99. The Morgan fingerprint density at radius 3 is 2.80 bits per heavy atom. The topological polar surface area (TPSA) is 15.3 Å². The molecule has 2 rings (SSSR count). The highest BCUT2D eigenvalue weighted by atomic mass is 15.2. The number of benzene rings is 1. The number of piperazine rings is 1. The zero-order chi connectivity index (χ0) is 14.4. The van der Waals surface area contributed by atoms with Crippen LogP contribution in [0.2, 0.25) is 0 Å². The van der Waals surface area contributed by atoms with Crippen molar-refractivity contribution in [2.75, 3.05) is 13.1 Å². The predicted molar refractivity (Wildman–Crippen MR) is 85.6 cm³/mol. The van der Waals surface area contributed by atoms with Gasteiger partial charge in [-0.25, -0.2) is 0 Å². The molecular weight excluding hydrogens is 244 g/mol. The van der Waals surface area contributed by atoms with Gasteiger partial charge in [0.2, 0.25) is 0 Å².